The SMILES string of the molecule is CCO/N=C(/c1ccccc1COc1c(Cl)cc(OCC=C(Cl)Cl)cc1Cl)C(F)(F)F. The van der Waals surface area contributed by atoms with Crippen molar-refractivity contribution in [3.8, 4) is 11.5 Å². The van der Waals surface area contributed by atoms with Gasteiger partial charge in [0.2, 0.25) is 0 Å². The van der Waals surface area contributed by atoms with Crippen LogP contribution in [0.15, 0.2) is 52.1 Å². The van der Waals surface area contributed by atoms with E-state index >= 15 is 0 Å². The zero-order valence-corrected chi connectivity index (χ0v) is 19.0. The van der Waals surface area contributed by atoms with Gasteiger partial charge in [-0.3, -0.25) is 0 Å². The fourth-order valence-electron chi connectivity index (χ4n) is 2.37. The molecule has 0 saturated carbocycles. The molecule has 0 radical (unpaired) electrons. The van der Waals surface area contributed by atoms with Gasteiger partial charge in [-0.25, -0.2) is 0 Å². The molecular formula is C20H16Cl4F3NO3. The topological polar surface area (TPSA) is 40.0 Å². The first-order valence-corrected chi connectivity index (χ1v) is 10.3. The van der Waals surface area contributed by atoms with E-state index < -0.39 is 11.9 Å². The predicted molar refractivity (Wildman–Crippen MR) is 117 cm³/mol. The first-order valence-electron chi connectivity index (χ1n) is 8.74. The molecular weight excluding hydrogens is 501 g/mol. The predicted octanol–water partition coefficient (Wildman–Crippen LogP) is 7.57. The van der Waals surface area contributed by atoms with Crippen molar-refractivity contribution in [3.63, 3.8) is 0 Å². The molecule has 0 aromatic heterocycles. The Morgan fingerprint density at radius 1 is 1.06 bits per heavy atom. The molecule has 0 atom stereocenters. The van der Waals surface area contributed by atoms with Gasteiger partial charge in [0.05, 0.1) is 10.0 Å². The summed E-state index contributed by atoms with van der Waals surface area (Å²) in [5.74, 6) is 0.420. The van der Waals surface area contributed by atoms with Gasteiger partial charge in [-0.2, -0.15) is 13.2 Å². The van der Waals surface area contributed by atoms with Crippen LogP contribution >= 0.6 is 46.4 Å². The van der Waals surface area contributed by atoms with Crippen LogP contribution in [0, 0.1) is 0 Å². The molecule has 2 aromatic carbocycles. The Bertz CT molecular complexity index is 938. The van der Waals surface area contributed by atoms with Crippen molar-refractivity contribution < 1.29 is 27.5 Å². The number of rotatable bonds is 9. The Morgan fingerprint density at radius 2 is 1.71 bits per heavy atom. The van der Waals surface area contributed by atoms with Crippen molar-refractivity contribution in [2.24, 2.45) is 5.16 Å². The van der Waals surface area contributed by atoms with Crippen molar-refractivity contribution in [2.45, 2.75) is 19.7 Å². The number of nitrogens with zero attached hydrogens (tertiary/aromatic N) is 1. The minimum Gasteiger partial charge on any atom is -0.489 e. The number of ether oxygens (including phenoxy) is 2. The Labute approximate surface area is 197 Å². The average molecular weight is 517 g/mol. The van der Waals surface area contributed by atoms with Gasteiger partial charge in [0.15, 0.2) is 11.5 Å². The van der Waals surface area contributed by atoms with E-state index in [1.165, 1.54) is 43.3 Å². The molecule has 0 amide bonds. The van der Waals surface area contributed by atoms with Gasteiger partial charge in [0, 0.05) is 17.7 Å². The molecule has 0 aliphatic heterocycles. The molecule has 11 heteroatoms. The fraction of sp³-hybridized carbons (Fsp3) is 0.250. The van der Waals surface area contributed by atoms with Crippen molar-refractivity contribution >= 4 is 52.1 Å². The third-order valence-corrected chi connectivity index (χ3v) is 4.53. The van der Waals surface area contributed by atoms with Crippen LogP contribution in [0.5, 0.6) is 11.5 Å². The third-order valence-electron chi connectivity index (χ3n) is 3.66. The summed E-state index contributed by atoms with van der Waals surface area (Å²) in [6.07, 6.45) is -3.30. The number of oxime groups is 1. The van der Waals surface area contributed by atoms with Crippen molar-refractivity contribution in [3.05, 3.63) is 68.1 Å². The summed E-state index contributed by atoms with van der Waals surface area (Å²) < 4.78 is 51.5. The summed E-state index contributed by atoms with van der Waals surface area (Å²) >= 11 is 23.4. The van der Waals surface area contributed by atoms with Gasteiger partial charge >= 0.3 is 6.18 Å². The molecule has 31 heavy (non-hydrogen) atoms. The number of benzene rings is 2. The summed E-state index contributed by atoms with van der Waals surface area (Å²) in [7, 11) is 0. The summed E-state index contributed by atoms with van der Waals surface area (Å²) in [5.41, 5.74) is -1.13. The summed E-state index contributed by atoms with van der Waals surface area (Å²) in [6.45, 7) is 1.36. The lowest BCUT2D eigenvalue weighted by molar-refractivity contribution is -0.0614. The van der Waals surface area contributed by atoms with Crippen LogP contribution in [0.1, 0.15) is 18.1 Å². The number of hydrogen-bond donors (Lipinski definition) is 0. The first kappa shape index (κ1) is 25.5. The molecule has 0 spiro atoms. The summed E-state index contributed by atoms with van der Waals surface area (Å²) in [5, 5.41) is 3.45. The highest BCUT2D eigenvalue weighted by atomic mass is 35.5. The third kappa shape index (κ3) is 7.68. The van der Waals surface area contributed by atoms with Crippen LogP contribution in [0.3, 0.4) is 0 Å². The molecule has 0 aliphatic rings. The number of hydrogen-bond acceptors (Lipinski definition) is 4. The highest BCUT2D eigenvalue weighted by Gasteiger charge is 2.39. The molecule has 2 rings (SSSR count). The Balaban J connectivity index is 2.25. The Kier molecular flexibility index (Phi) is 9.62. The summed E-state index contributed by atoms with van der Waals surface area (Å²) in [6, 6.07) is 8.68. The van der Waals surface area contributed by atoms with Gasteiger partial charge in [-0.05, 0) is 18.6 Å². The largest absolute Gasteiger partial charge is 0.489 e. The van der Waals surface area contributed by atoms with E-state index in [1.54, 1.807) is 6.07 Å². The summed E-state index contributed by atoms with van der Waals surface area (Å²) in [4.78, 5) is 4.64. The first-order chi connectivity index (χ1) is 14.6. The maximum atomic E-state index is 13.5. The monoisotopic (exact) mass is 515 g/mol. The minimum absolute atomic E-state index is 0.00916. The minimum atomic E-state index is -4.72. The molecule has 4 nitrogen and oxygen atoms in total. The van der Waals surface area contributed by atoms with Gasteiger partial charge < -0.3 is 14.3 Å². The molecule has 0 N–H and O–H groups in total. The normalized spacial score (nSPS) is 11.8. The van der Waals surface area contributed by atoms with Crippen LogP contribution in [-0.2, 0) is 11.4 Å². The maximum Gasteiger partial charge on any atom is 0.437 e. The van der Waals surface area contributed by atoms with E-state index in [1.807, 2.05) is 0 Å². The molecule has 0 heterocycles. The number of halogens is 7. The second kappa shape index (κ2) is 11.7. The van der Waals surface area contributed by atoms with E-state index in [4.69, 9.17) is 55.9 Å². The van der Waals surface area contributed by atoms with Crippen LogP contribution in [0.4, 0.5) is 13.2 Å². The van der Waals surface area contributed by atoms with Crippen LogP contribution < -0.4 is 9.47 Å². The molecule has 0 bridgehead atoms. The van der Waals surface area contributed by atoms with Crippen molar-refractivity contribution in [2.75, 3.05) is 13.2 Å². The second-order valence-electron chi connectivity index (χ2n) is 5.82. The lowest BCUT2D eigenvalue weighted by atomic mass is 10.0. The van der Waals surface area contributed by atoms with E-state index in [0.29, 0.717) is 5.75 Å². The molecule has 0 fully saturated rings. The van der Waals surface area contributed by atoms with Crippen molar-refractivity contribution in [1.29, 1.82) is 0 Å². The van der Waals surface area contributed by atoms with Crippen molar-refractivity contribution in [1.82, 2.24) is 0 Å². The van der Waals surface area contributed by atoms with Gasteiger partial charge in [0.25, 0.3) is 0 Å². The molecule has 0 unspecified atom stereocenters. The van der Waals surface area contributed by atoms with Gasteiger partial charge in [-0.1, -0.05) is 75.8 Å². The van der Waals surface area contributed by atoms with Gasteiger partial charge in [-0.15, -0.1) is 0 Å². The van der Waals surface area contributed by atoms with Crippen LogP contribution in [0.2, 0.25) is 10.0 Å². The number of alkyl halides is 3. The Hall–Kier alpha value is -1.80. The highest BCUT2D eigenvalue weighted by Crippen LogP contribution is 2.38. The van der Waals surface area contributed by atoms with Crippen LogP contribution in [0.25, 0.3) is 0 Å². The maximum absolute atomic E-state index is 13.5. The Morgan fingerprint density at radius 3 is 2.29 bits per heavy atom. The van der Waals surface area contributed by atoms with E-state index in [-0.39, 0.29) is 51.2 Å². The molecule has 2 aromatic rings. The van der Waals surface area contributed by atoms with E-state index in [2.05, 4.69) is 9.99 Å². The molecule has 168 valence electrons. The smallest absolute Gasteiger partial charge is 0.437 e. The lowest BCUT2D eigenvalue weighted by Crippen LogP contribution is -2.26. The standard InChI is InChI=1S/C20H16Cl4F3NO3/c1-2-31-28-19(20(25,26)27)14-6-4-3-5-12(14)11-30-18-15(21)9-13(10-16(18)22)29-8-7-17(23)24/h3-7,9-10H,2,8,11H2,1H3/b28-19-. The fourth-order valence-corrected chi connectivity index (χ4v) is 3.07. The average Bonchev–Trinajstić information content (AvgIpc) is 2.67. The van der Waals surface area contributed by atoms with E-state index in [9.17, 15) is 13.2 Å². The molecule has 0 aliphatic carbocycles. The van der Waals surface area contributed by atoms with E-state index in [0.717, 1.165) is 0 Å². The lowest BCUT2D eigenvalue weighted by Gasteiger charge is -2.16. The zero-order chi connectivity index (χ0) is 23.0. The highest BCUT2D eigenvalue weighted by molar-refractivity contribution is 6.55. The zero-order valence-electron chi connectivity index (χ0n) is 16.0. The quantitative estimate of drug-likeness (QED) is 0.255. The van der Waals surface area contributed by atoms with Crippen LogP contribution in [-0.4, -0.2) is 25.1 Å². The molecule has 0 saturated heterocycles. The van der Waals surface area contributed by atoms with Gasteiger partial charge in [0.1, 0.15) is 30.1 Å². The second-order valence-corrected chi connectivity index (χ2v) is 7.64.